The molecule has 1 unspecified atom stereocenters. The molecule has 0 aliphatic heterocycles. The fourth-order valence-corrected chi connectivity index (χ4v) is 2.90. The highest BCUT2D eigenvalue weighted by Crippen LogP contribution is 2.29. The summed E-state index contributed by atoms with van der Waals surface area (Å²) in [6, 6.07) is 0. The van der Waals surface area contributed by atoms with Crippen LogP contribution in [0.5, 0.6) is 0 Å². The molecule has 0 aromatic carbocycles. The van der Waals surface area contributed by atoms with E-state index >= 15 is 0 Å². The van der Waals surface area contributed by atoms with E-state index in [1.807, 2.05) is 0 Å². The normalized spacial score (nSPS) is 24.6. The zero-order valence-corrected chi connectivity index (χ0v) is 11.7. The quantitative estimate of drug-likeness (QED) is 0.791. The molecule has 3 nitrogen and oxygen atoms in total. The Hall–Kier alpha value is -0.570. The second kappa shape index (κ2) is 7.78. The van der Waals surface area contributed by atoms with Crippen molar-refractivity contribution < 1.29 is 15.0 Å². The first-order chi connectivity index (χ1) is 8.55. The number of carboxylic acid groups (broad SMARTS) is 1. The summed E-state index contributed by atoms with van der Waals surface area (Å²) in [5.41, 5.74) is -1.55. The minimum Gasteiger partial charge on any atom is -0.479 e. The van der Waals surface area contributed by atoms with E-state index in [0.29, 0.717) is 0 Å². The van der Waals surface area contributed by atoms with Crippen LogP contribution >= 0.6 is 0 Å². The third-order valence-corrected chi connectivity index (χ3v) is 4.33. The Kier molecular flexibility index (Phi) is 6.69. The first-order valence-electron chi connectivity index (χ1n) is 7.51. The number of rotatable bonds is 2. The van der Waals surface area contributed by atoms with E-state index in [1.54, 1.807) is 0 Å². The first kappa shape index (κ1) is 15.5. The molecule has 1 atom stereocenters. The summed E-state index contributed by atoms with van der Waals surface area (Å²) < 4.78 is 0. The van der Waals surface area contributed by atoms with Crippen LogP contribution < -0.4 is 0 Å². The molecule has 1 aliphatic rings. The zero-order valence-electron chi connectivity index (χ0n) is 11.7. The van der Waals surface area contributed by atoms with Gasteiger partial charge in [0.25, 0.3) is 0 Å². The maximum absolute atomic E-state index is 11.1. The molecule has 0 spiro atoms. The van der Waals surface area contributed by atoms with Crippen LogP contribution in [0.1, 0.15) is 77.6 Å². The van der Waals surface area contributed by atoms with Gasteiger partial charge in [-0.2, -0.15) is 0 Å². The van der Waals surface area contributed by atoms with Gasteiger partial charge in [-0.1, -0.05) is 57.8 Å². The van der Waals surface area contributed by atoms with E-state index in [0.717, 1.165) is 25.7 Å². The van der Waals surface area contributed by atoms with Crippen molar-refractivity contribution in [3.8, 4) is 0 Å². The van der Waals surface area contributed by atoms with Crippen LogP contribution in [0.15, 0.2) is 0 Å². The van der Waals surface area contributed by atoms with Gasteiger partial charge in [0.05, 0.1) is 0 Å². The molecule has 106 valence electrons. The van der Waals surface area contributed by atoms with Crippen LogP contribution in [-0.4, -0.2) is 21.8 Å². The molecule has 3 heteroatoms. The smallest absolute Gasteiger partial charge is 0.335 e. The molecule has 2 N–H and O–H groups in total. The Morgan fingerprint density at radius 3 is 1.56 bits per heavy atom. The summed E-state index contributed by atoms with van der Waals surface area (Å²) in [7, 11) is 0. The van der Waals surface area contributed by atoms with E-state index in [4.69, 9.17) is 5.11 Å². The van der Waals surface area contributed by atoms with Gasteiger partial charge < -0.3 is 10.2 Å². The molecule has 0 amide bonds. The summed E-state index contributed by atoms with van der Waals surface area (Å²) in [6.07, 6.45) is 12.6. The van der Waals surface area contributed by atoms with Gasteiger partial charge in [-0.25, -0.2) is 4.79 Å². The average Bonchev–Trinajstić information content (AvgIpc) is 2.29. The van der Waals surface area contributed by atoms with Crippen molar-refractivity contribution in [3.05, 3.63) is 0 Å². The van der Waals surface area contributed by atoms with Crippen molar-refractivity contribution in [2.45, 2.75) is 83.2 Å². The number of aliphatic hydroxyl groups is 1. The Morgan fingerprint density at radius 1 is 0.889 bits per heavy atom. The zero-order chi connectivity index (χ0) is 13.4. The van der Waals surface area contributed by atoms with Crippen LogP contribution in [0.2, 0.25) is 0 Å². The van der Waals surface area contributed by atoms with E-state index in [2.05, 4.69) is 0 Å². The monoisotopic (exact) mass is 256 g/mol. The molecule has 1 aliphatic carbocycles. The van der Waals surface area contributed by atoms with Gasteiger partial charge in [0.2, 0.25) is 0 Å². The van der Waals surface area contributed by atoms with Crippen molar-refractivity contribution in [2.75, 3.05) is 0 Å². The van der Waals surface area contributed by atoms with Crippen LogP contribution in [0, 0.1) is 5.92 Å². The largest absolute Gasteiger partial charge is 0.479 e. The van der Waals surface area contributed by atoms with Gasteiger partial charge in [-0.3, -0.25) is 0 Å². The van der Waals surface area contributed by atoms with Crippen molar-refractivity contribution >= 4 is 5.97 Å². The van der Waals surface area contributed by atoms with Crippen molar-refractivity contribution in [2.24, 2.45) is 5.92 Å². The summed E-state index contributed by atoms with van der Waals surface area (Å²) in [5, 5.41) is 19.3. The molecule has 0 heterocycles. The number of hydrogen-bond donors (Lipinski definition) is 2. The average molecular weight is 256 g/mol. The molecule has 0 aromatic rings. The fraction of sp³-hybridized carbons (Fsp3) is 0.933. The third kappa shape index (κ3) is 4.97. The molecular weight excluding hydrogens is 228 g/mol. The molecule has 1 saturated carbocycles. The van der Waals surface area contributed by atoms with Crippen molar-refractivity contribution in [3.63, 3.8) is 0 Å². The topological polar surface area (TPSA) is 57.5 Å². The molecule has 1 rings (SSSR count). The second-order valence-electron chi connectivity index (χ2n) is 5.91. The highest BCUT2D eigenvalue weighted by atomic mass is 16.4. The molecule has 18 heavy (non-hydrogen) atoms. The standard InChI is InChI=1S/C15H28O3/c1-15(18,14(16)17)13-11-9-7-5-3-2-4-6-8-10-12-13/h13,18H,2-12H2,1H3,(H,16,17). The molecule has 0 radical (unpaired) electrons. The van der Waals surface area contributed by atoms with Crippen LogP contribution in [0.4, 0.5) is 0 Å². The Morgan fingerprint density at radius 2 is 1.22 bits per heavy atom. The highest BCUT2D eigenvalue weighted by Gasteiger charge is 2.38. The highest BCUT2D eigenvalue weighted by molar-refractivity contribution is 5.76. The lowest BCUT2D eigenvalue weighted by molar-refractivity contribution is -0.163. The number of carbonyl (C=O) groups is 1. The maximum Gasteiger partial charge on any atom is 0.335 e. The van der Waals surface area contributed by atoms with Gasteiger partial charge >= 0.3 is 5.97 Å². The van der Waals surface area contributed by atoms with E-state index in [-0.39, 0.29) is 5.92 Å². The Labute approximate surface area is 111 Å². The van der Waals surface area contributed by atoms with Gasteiger partial charge in [0.15, 0.2) is 5.60 Å². The number of hydrogen-bond acceptors (Lipinski definition) is 2. The molecule has 0 saturated heterocycles. The first-order valence-corrected chi connectivity index (χ1v) is 7.51. The molecular formula is C15H28O3. The lowest BCUT2D eigenvalue weighted by Gasteiger charge is -2.29. The third-order valence-electron chi connectivity index (χ3n) is 4.33. The predicted molar refractivity (Wildman–Crippen MR) is 72.5 cm³/mol. The molecule has 1 fully saturated rings. The van der Waals surface area contributed by atoms with Gasteiger partial charge in [0.1, 0.15) is 0 Å². The summed E-state index contributed by atoms with van der Waals surface area (Å²) in [4.78, 5) is 11.1. The maximum atomic E-state index is 11.1. The Balaban J connectivity index is 2.53. The van der Waals surface area contributed by atoms with E-state index in [9.17, 15) is 9.90 Å². The SMILES string of the molecule is CC(O)(C(=O)O)C1CCCCCCCCCCC1. The van der Waals surface area contributed by atoms with Crippen molar-refractivity contribution in [1.29, 1.82) is 0 Å². The van der Waals surface area contributed by atoms with Crippen LogP contribution in [0.25, 0.3) is 0 Å². The molecule has 0 aromatic heterocycles. The fourth-order valence-electron chi connectivity index (χ4n) is 2.90. The lowest BCUT2D eigenvalue weighted by atomic mass is 9.81. The summed E-state index contributed by atoms with van der Waals surface area (Å²) >= 11 is 0. The minimum atomic E-state index is -1.55. The second-order valence-corrected chi connectivity index (χ2v) is 5.91. The van der Waals surface area contributed by atoms with Gasteiger partial charge in [0, 0.05) is 0 Å². The van der Waals surface area contributed by atoms with Gasteiger partial charge in [-0.15, -0.1) is 0 Å². The van der Waals surface area contributed by atoms with Gasteiger partial charge in [-0.05, 0) is 25.7 Å². The summed E-state index contributed by atoms with van der Waals surface area (Å²) in [6.45, 7) is 1.46. The molecule has 0 bridgehead atoms. The van der Waals surface area contributed by atoms with E-state index < -0.39 is 11.6 Å². The van der Waals surface area contributed by atoms with Crippen molar-refractivity contribution in [1.82, 2.24) is 0 Å². The minimum absolute atomic E-state index is 0.0885. The van der Waals surface area contributed by atoms with E-state index in [1.165, 1.54) is 51.9 Å². The predicted octanol–water partition coefficient (Wildman–Crippen LogP) is 3.74. The number of carboxylic acids is 1. The van der Waals surface area contributed by atoms with Crippen LogP contribution in [-0.2, 0) is 4.79 Å². The Bertz CT molecular complexity index is 236. The lowest BCUT2D eigenvalue weighted by Crippen LogP contribution is -2.43. The summed E-state index contributed by atoms with van der Waals surface area (Å²) in [5.74, 6) is -1.16. The number of aliphatic carboxylic acids is 1. The van der Waals surface area contributed by atoms with Crippen LogP contribution in [0.3, 0.4) is 0 Å².